The standard InChI is InChI=1S/C14H8F2N2S/c15-8-5-6-12(16)11(7-8)13-9-3-1-2-4-10(9)14(19)18-17-13/h1-7H,(H,18,19). The highest BCUT2D eigenvalue weighted by Crippen LogP contribution is 2.28. The average Bonchev–Trinajstić information content (AvgIpc) is 2.43. The molecule has 0 fully saturated rings. The minimum Gasteiger partial charge on any atom is -0.267 e. The van der Waals surface area contributed by atoms with E-state index in [1.165, 1.54) is 0 Å². The van der Waals surface area contributed by atoms with Gasteiger partial charge in [-0.05, 0) is 18.2 Å². The van der Waals surface area contributed by atoms with Crippen molar-refractivity contribution in [1.82, 2.24) is 10.2 Å². The molecule has 0 amide bonds. The number of hydrogen-bond donors (Lipinski definition) is 1. The van der Waals surface area contributed by atoms with Crippen LogP contribution in [0.2, 0.25) is 0 Å². The second-order valence-corrected chi connectivity index (χ2v) is 4.48. The molecule has 2 aromatic carbocycles. The van der Waals surface area contributed by atoms with Crippen molar-refractivity contribution in [3.05, 3.63) is 58.7 Å². The molecule has 19 heavy (non-hydrogen) atoms. The molecular weight excluding hydrogens is 266 g/mol. The minimum absolute atomic E-state index is 0.113. The third kappa shape index (κ3) is 2.02. The van der Waals surface area contributed by atoms with Gasteiger partial charge in [0.2, 0.25) is 0 Å². The Kier molecular flexibility index (Phi) is 2.83. The van der Waals surface area contributed by atoms with Gasteiger partial charge in [-0.2, -0.15) is 5.10 Å². The summed E-state index contributed by atoms with van der Waals surface area (Å²) in [4.78, 5) is 0. The van der Waals surface area contributed by atoms with Crippen LogP contribution in [0.1, 0.15) is 0 Å². The second kappa shape index (κ2) is 4.51. The SMILES string of the molecule is Fc1ccc(F)c(-c2n[nH]c(=S)c3ccccc23)c1. The van der Waals surface area contributed by atoms with Crippen LogP contribution in [0.3, 0.4) is 0 Å². The fourth-order valence-electron chi connectivity index (χ4n) is 2.00. The third-order valence-electron chi connectivity index (χ3n) is 2.88. The van der Waals surface area contributed by atoms with Crippen LogP contribution in [-0.4, -0.2) is 10.2 Å². The molecule has 0 atom stereocenters. The Morgan fingerprint density at radius 1 is 1.00 bits per heavy atom. The number of hydrogen-bond acceptors (Lipinski definition) is 2. The zero-order valence-electron chi connectivity index (χ0n) is 9.65. The van der Waals surface area contributed by atoms with Gasteiger partial charge in [-0.1, -0.05) is 36.5 Å². The largest absolute Gasteiger partial charge is 0.267 e. The summed E-state index contributed by atoms with van der Waals surface area (Å²) in [5.74, 6) is -1.03. The molecule has 3 rings (SSSR count). The van der Waals surface area contributed by atoms with Gasteiger partial charge in [-0.15, -0.1) is 0 Å². The first-order chi connectivity index (χ1) is 9.16. The summed E-state index contributed by atoms with van der Waals surface area (Å²) in [5, 5.41) is 8.15. The molecule has 0 saturated carbocycles. The molecular formula is C14H8F2N2S. The zero-order valence-corrected chi connectivity index (χ0v) is 10.5. The van der Waals surface area contributed by atoms with E-state index in [1.807, 2.05) is 12.1 Å². The lowest BCUT2D eigenvalue weighted by Crippen LogP contribution is -1.94. The van der Waals surface area contributed by atoms with Crippen LogP contribution in [0.4, 0.5) is 8.78 Å². The Balaban J connectivity index is 2.41. The molecule has 2 nitrogen and oxygen atoms in total. The number of aromatic amines is 1. The van der Waals surface area contributed by atoms with Gasteiger partial charge in [0, 0.05) is 16.3 Å². The van der Waals surface area contributed by atoms with Crippen LogP contribution in [-0.2, 0) is 0 Å². The Morgan fingerprint density at radius 3 is 2.53 bits per heavy atom. The highest BCUT2D eigenvalue weighted by molar-refractivity contribution is 7.71. The van der Waals surface area contributed by atoms with Gasteiger partial charge in [0.1, 0.15) is 22.0 Å². The number of benzene rings is 2. The predicted molar refractivity (Wildman–Crippen MR) is 72.3 cm³/mol. The molecule has 0 aliphatic carbocycles. The number of aromatic nitrogens is 2. The summed E-state index contributed by atoms with van der Waals surface area (Å²) in [7, 11) is 0. The summed E-state index contributed by atoms with van der Waals surface area (Å²) in [5.41, 5.74) is 0.462. The highest BCUT2D eigenvalue weighted by atomic mass is 32.1. The number of fused-ring (bicyclic) bond motifs is 1. The number of nitrogens with zero attached hydrogens (tertiary/aromatic N) is 1. The quantitative estimate of drug-likeness (QED) is 0.672. The minimum atomic E-state index is -0.524. The molecule has 0 unspecified atom stereocenters. The summed E-state index contributed by atoms with van der Waals surface area (Å²) >= 11 is 5.14. The number of rotatable bonds is 1. The van der Waals surface area contributed by atoms with Crippen LogP contribution in [0.15, 0.2) is 42.5 Å². The summed E-state index contributed by atoms with van der Waals surface area (Å²) in [6.07, 6.45) is 0. The monoisotopic (exact) mass is 274 g/mol. The van der Waals surface area contributed by atoms with E-state index in [4.69, 9.17) is 12.2 Å². The van der Waals surface area contributed by atoms with E-state index in [2.05, 4.69) is 10.2 Å². The Bertz CT molecular complexity index is 827. The van der Waals surface area contributed by atoms with Crippen molar-refractivity contribution in [1.29, 1.82) is 0 Å². The van der Waals surface area contributed by atoms with Crippen molar-refractivity contribution in [3.63, 3.8) is 0 Å². The van der Waals surface area contributed by atoms with Gasteiger partial charge in [-0.3, -0.25) is 5.10 Å². The summed E-state index contributed by atoms with van der Waals surface area (Å²) in [6, 6.07) is 10.5. The Hall–Kier alpha value is -2.14. The van der Waals surface area contributed by atoms with E-state index in [9.17, 15) is 8.78 Å². The maximum atomic E-state index is 13.8. The topological polar surface area (TPSA) is 28.7 Å². The van der Waals surface area contributed by atoms with Gasteiger partial charge in [-0.25, -0.2) is 8.78 Å². The number of H-pyrrole nitrogens is 1. The molecule has 3 aromatic rings. The van der Waals surface area contributed by atoms with Gasteiger partial charge < -0.3 is 0 Å². The van der Waals surface area contributed by atoms with E-state index >= 15 is 0 Å². The predicted octanol–water partition coefficient (Wildman–Crippen LogP) is 4.24. The maximum absolute atomic E-state index is 13.8. The van der Waals surface area contributed by atoms with Crippen LogP contribution < -0.4 is 0 Å². The van der Waals surface area contributed by atoms with E-state index < -0.39 is 11.6 Å². The highest BCUT2D eigenvalue weighted by Gasteiger charge is 2.12. The number of halogens is 2. The van der Waals surface area contributed by atoms with Crippen molar-refractivity contribution in [2.24, 2.45) is 0 Å². The van der Waals surface area contributed by atoms with E-state index in [0.717, 1.165) is 23.6 Å². The number of nitrogens with one attached hydrogen (secondary N) is 1. The summed E-state index contributed by atoms with van der Waals surface area (Å²) < 4.78 is 27.6. The smallest absolute Gasteiger partial charge is 0.132 e. The fraction of sp³-hybridized carbons (Fsp3) is 0. The average molecular weight is 274 g/mol. The zero-order chi connectivity index (χ0) is 13.4. The molecule has 1 heterocycles. The van der Waals surface area contributed by atoms with Crippen molar-refractivity contribution in [2.45, 2.75) is 0 Å². The molecule has 0 aliphatic heterocycles. The van der Waals surface area contributed by atoms with E-state index in [0.29, 0.717) is 15.7 Å². The molecule has 0 radical (unpaired) electrons. The Morgan fingerprint density at radius 2 is 1.74 bits per heavy atom. The molecule has 0 aliphatic rings. The first-order valence-electron chi connectivity index (χ1n) is 5.59. The summed E-state index contributed by atoms with van der Waals surface area (Å²) in [6.45, 7) is 0. The van der Waals surface area contributed by atoms with Crippen LogP contribution in [0, 0.1) is 16.3 Å². The molecule has 1 N–H and O–H groups in total. The van der Waals surface area contributed by atoms with Crippen molar-refractivity contribution in [2.75, 3.05) is 0 Å². The van der Waals surface area contributed by atoms with Crippen molar-refractivity contribution >= 4 is 23.0 Å². The van der Waals surface area contributed by atoms with Crippen LogP contribution in [0.5, 0.6) is 0 Å². The lowest BCUT2D eigenvalue weighted by molar-refractivity contribution is 0.602. The van der Waals surface area contributed by atoms with Crippen LogP contribution in [0.25, 0.3) is 22.0 Å². The van der Waals surface area contributed by atoms with E-state index in [-0.39, 0.29) is 5.56 Å². The molecule has 1 aromatic heterocycles. The van der Waals surface area contributed by atoms with Gasteiger partial charge >= 0.3 is 0 Å². The molecule has 5 heteroatoms. The van der Waals surface area contributed by atoms with Crippen LogP contribution >= 0.6 is 12.2 Å². The third-order valence-corrected chi connectivity index (χ3v) is 3.19. The fourth-order valence-corrected chi connectivity index (χ4v) is 2.22. The Labute approximate surface area is 112 Å². The van der Waals surface area contributed by atoms with Crippen molar-refractivity contribution in [3.8, 4) is 11.3 Å². The lowest BCUT2D eigenvalue weighted by Gasteiger charge is -2.07. The lowest BCUT2D eigenvalue weighted by atomic mass is 10.0. The van der Waals surface area contributed by atoms with Gasteiger partial charge in [0.15, 0.2) is 0 Å². The molecule has 94 valence electrons. The van der Waals surface area contributed by atoms with Gasteiger partial charge in [0.05, 0.1) is 0 Å². The first-order valence-corrected chi connectivity index (χ1v) is 6.00. The van der Waals surface area contributed by atoms with Crippen molar-refractivity contribution < 1.29 is 8.78 Å². The normalized spacial score (nSPS) is 10.8. The van der Waals surface area contributed by atoms with Gasteiger partial charge in [0.25, 0.3) is 0 Å². The molecule has 0 bridgehead atoms. The molecule has 0 saturated heterocycles. The van der Waals surface area contributed by atoms with E-state index in [1.54, 1.807) is 12.1 Å². The molecule has 0 spiro atoms. The second-order valence-electron chi connectivity index (χ2n) is 4.07. The maximum Gasteiger partial charge on any atom is 0.132 e. The first kappa shape index (κ1) is 11.9.